The Balaban J connectivity index is 3.99. The van der Waals surface area contributed by atoms with E-state index in [4.69, 9.17) is 9.05 Å². The Morgan fingerprint density at radius 3 is 1.39 bits per heavy atom. The lowest BCUT2D eigenvalue weighted by Crippen LogP contribution is -2.45. The van der Waals surface area contributed by atoms with Crippen molar-refractivity contribution in [3.63, 3.8) is 0 Å². The number of likely N-dealkylation sites (N-methyl/N-ethyl adjacent to an activating group) is 1. The van der Waals surface area contributed by atoms with Crippen LogP contribution in [-0.2, 0) is 18.4 Å². The summed E-state index contributed by atoms with van der Waals surface area (Å²) < 4.78 is 23.0. The van der Waals surface area contributed by atoms with Gasteiger partial charge in [0.2, 0.25) is 5.91 Å². The molecule has 322 valence electrons. The van der Waals surface area contributed by atoms with E-state index in [0.29, 0.717) is 17.4 Å². The Bertz CT molecular complexity index is 896. The summed E-state index contributed by atoms with van der Waals surface area (Å²) in [6.45, 7) is 4.56. The van der Waals surface area contributed by atoms with E-state index in [-0.39, 0.29) is 19.1 Å². The maximum absolute atomic E-state index is 12.6. The van der Waals surface area contributed by atoms with Crippen molar-refractivity contribution in [2.24, 2.45) is 0 Å². The van der Waals surface area contributed by atoms with Crippen LogP contribution >= 0.6 is 7.82 Å². The maximum atomic E-state index is 12.6. The van der Waals surface area contributed by atoms with E-state index in [1.54, 1.807) is 6.08 Å². The number of phosphoric ester groups is 1. The Morgan fingerprint density at radius 2 is 1.00 bits per heavy atom. The third kappa shape index (κ3) is 39.5. The summed E-state index contributed by atoms with van der Waals surface area (Å²) in [5.41, 5.74) is 0. The van der Waals surface area contributed by atoms with E-state index in [1.165, 1.54) is 148 Å². The van der Waals surface area contributed by atoms with E-state index in [0.717, 1.165) is 51.4 Å². The third-order valence-electron chi connectivity index (χ3n) is 10.5. The Hall–Kier alpha value is -0.760. The van der Waals surface area contributed by atoms with Crippen molar-refractivity contribution in [2.75, 3.05) is 40.9 Å². The standard InChI is InChI=1S/C45H91N2O6P/c1-6-8-10-12-13-14-15-16-17-18-19-20-21-22-23-24-25-26-27-28-29-30-31-32-33-35-36-38-44(48)43(46-45(49)39-37-34-11-9-7-2)42-53-54(50,51)52-41-40-47(3,4)5/h36,38,43-44,48H,6-35,37,39-42H2,1-5H3,(H-,46,49,50,51)/b38-36+. The molecule has 0 bridgehead atoms. The lowest BCUT2D eigenvalue weighted by atomic mass is 10.0. The molecule has 0 aliphatic rings. The molecule has 0 aliphatic carbocycles. The predicted octanol–water partition coefficient (Wildman–Crippen LogP) is 12.1. The normalized spacial score (nSPS) is 14.4. The summed E-state index contributed by atoms with van der Waals surface area (Å²) in [4.78, 5) is 25.0. The van der Waals surface area contributed by atoms with Crippen molar-refractivity contribution >= 4 is 13.7 Å². The molecule has 0 heterocycles. The van der Waals surface area contributed by atoms with Gasteiger partial charge in [-0.3, -0.25) is 9.36 Å². The number of amides is 1. The average Bonchev–Trinajstić information content (AvgIpc) is 3.12. The largest absolute Gasteiger partial charge is 0.756 e. The predicted molar refractivity (Wildman–Crippen MR) is 229 cm³/mol. The topological polar surface area (TPSA) is 108 Å². The van der Waals surface area contributed by atoms with Crippen LogP contribution in [0.1, 0.15) is 219 Å². The zero-order chi connectivity index (χ0) is 40.0. The zero-order valence-corrected chi connectivity index (χ0v) is 37.3. The van der Waals surface area contributed by atoms with Crippen molar-refractivity contribution in [3.8, 4) is 0 Å². The van der Waals surface area contributed by atoms with E-state index in [1.807, 2.05) is 27.2 Å². The lowest BCUT2D eigenvalue weighted by molar-refractivity contribution is -0.870. The van der Waals surface area contributed by atoms with Crippen LogP contribution in [0.25, 0.3) is 0 Å². The van der Waals surface area contributed by atoms with Gasteiger partial charge in [-0.05, 0) is 19.3 Å². The molecule has 0 aromatic rings. The molecule has 0 saturated carbocycles. The summed E-state index contributed by atoms with van der Waals surface area (Å²) in [6, 6.07) is -0.877. The van der Waals surface area contributed by atoms with Gasteiger partial charge in [0.25, 0.3) is 7.82 Å². The zero-order valence-electron chi connectivity index (χ0n) is 36.4. The van der Waals surface area contributed by atoms with Crippen molar-refractivity contribution < 1.29 is 32.9 Å². The van der Waals surface area contributed by atoms with Crippen molar-refractivity contribution in [1.82, 2.24) is 5.32 Å². The van der Waals surface area contributed by atoms with E-state index in [2.05, 4.69) is 19.2 Å². The van der Waals surface area contributed by atoms with Crippen LogP contribution in [0.4, 0.5) is 0 Å². The van der Waals surface area contributed by atoms with Gasteiger partial charge in [-0.1, -0.05) is 206 Å². The number of nitrogens with zero attached hydrogens (tertiary/aromatic N) is 1. The highest BCUT2D eigenvalue weighted by atomic mass is 31.2. The fraction of sp³-hybridized carbons (Fsp3) is 0.933. The number of allylic oxidation sites excluding steroid dienone is 1. The molecule has 0 fully saturated rings. The molecule has 0 radical (unpaired) electrons. The number of phosphoric acid groups is 1. The van der Waals surface area contributed by atoms with Gasteiger partial charge in [-0.25, -0.2) is 0 Å². The third-order valence-corrected chi connectivity index (χ3v) is 11.5. The van der Waals surface area contributed by atoms with Crippen LogP contribution in [0, 0.1) is 0 Å². The monoisotopic (exact) mass is 787 g/mol. The first-order valence-corrected chi connectivity index (χ1v) is 24.5. The summed E-state index contributed by atoms with van der Waals surface area (Å²) in [5, 5.41) is 13.7. The summed E-state index contributed by atoms with van der Waals surface area (Å²) in [5.74, 6) is -0.209. The molecule has 0 rings (SSSR count). The lowest BCUT2D eigenvalue weighted by Gasteiger charge is -2.29. The number of hydrogen-bond donors (Lipinski definition) is 2. The van der Waals surface area contributed by atoms with Gasteiger partial charge in [-0.2, -0.15) is 0 Å². The molecule has 1 amide bonds. The highest BCUT2D eigenvalue weighted by Gasteiger charge is 2.23. The molecule has 9 heteroatoms. The molecule has 3 unspecified atom stereocenters. The SMILES string of the molecule is CCCCCCCCCCCCCCCCCCCCCCCCCCC/C=C/C(O)C(COP(=O)([O-])OCC[N+](C)(C)C)NC(=O)CCCCCCC. The molecular weight excluding hydrogens is 695 g/mol. The first kappa shape index (κ1) is 53.2. The van der Waals surface area contributed by atoms with Gasteiger partial charge in [0.1, 0.15) is 13.2 Å². The molecular formula is C45H91N2O6P. The highest BCUT2D eigenvalue weighted by Crippen LogP contribution is 2.38. The molecule has 0 spiro atoms. The fourth-order valence-corrected chi connectivity index (χ4v) is 7.52. The highest BCUT2D eigenvalue weighted by molar-refractivity contribution is 7.45. The van der Waals surface area contributed by atoms with Crippen LogP contribution < -0.4 is 10.2 Å². The van der Waals surface area contributed by atoms with Crippen LogP contribution in [0.3, 0.4) is 0 Å². The minimum Gasteiger partial charge on any atom is -0.756 e. The van der Waals surface area contributed by atoms with Crippen molar-refractivity contribution in [1.29, 1.82) is 0 Å². The first-order valence-electron chi connectivity index (χ1n) is 23.1. The van der Waals surface area contributed by atoms with E-state index in [9.17, 15) is 19.4 Å². The van der Waals surface area contributed by atoms with Gasteiger partial charge in [0, 0.05) is 6.42 Å². The van der Waals surface area contributed by atoms with E-state index < -0.39 is 20.0 Å². The second-order valence-corrected chi connectivity index (χ2v) is 18.5. The Kier molecular flexibility index (Phi) is 37.3. The summed E-state index contributed by atoms with van der Waals surface area (Å²) in [7, 11) is 1.27. The number of quaternary nitrogens is 1. The number of aliphatic hydroxyl groups is 1. The minimum absolute atomic E-state index is 0.00112. The van der Waals surface area contributed by atoms with Crippen molar-refractivity contribution in [2.45, 2.75) is 231 Å². The number of rotatable bonds is 42. The number of carbonyl (C=O) groups excluding carboxylic acids is 1. The maximum Gasteiger partial charge on any atom is 0.268 e. The van der Waals surface area contributed by atoms with Gasteiger partial charge in [0.15, 0.2) is 0 Å². The van der Waals surface area contributed by atoms with Crippen LogP contribution in [0.5, 0.6) is 0 Å². The smallest absolute Gasteiger partial charge is 0.268 e. The van der Waals surface area contributed by atoms with Crippen LogP contribution in [0.15, 0.2) is 12.2 Å². The second-order valence-electron chi connectivity index (χ2n) is 17.1. The molecule has 54 heavy (non-hydrogen) atoms. The Morgan fingerprint density at radius 1 is 0.630 bits per heavy atom. The Labute approximate surface area is 335 Å². The number of aliphatic hydroxyl groups excluding tert-OH is 1. The minimum atomic E-state index is -4.57. The van der Waals surface area contributed by atoms with Gasteiger partial charge in [-0.15, -0.1) is 0 Å². The fourth-order valence-electron chi connectivity index (χ4n) is 6.80. The van der Waals surface area contributed by atoms with Gasteiger partial charge >= 0.3 is 0 Å². The van der Waals surface area contributed by atoms with Crippen LogP contribution in [0.2, 0.25) is 0 Å². The first-order chi connectivity index (χ1) is 26.0. The molecule has 2 N–H and O–H groups in total. The number of carbonyl (C=O) groups is 1. The van der Waals surface area contributed by atoms with Crippen LogP contribution in [-0.4, -0.2) is 68.5 Å². The van der Waals surface area contributed by atoms with Gasteiger partial charge in [0.05, 0.1) is 39.9 Å². The number of unbranched alkanes of at least 4 members (excludes halogenated alkanes) is 29. The molecule has 0 aliphatic heterocycles. The summed E-state index contributed by atoms with van der Waals surface area (Å²) >= 11 is 0. The molecule has 0 aromatic carbocycles. The summed E-state index contributed by atoms with van der Waals surface area (Å²) in [6.07, 6.45) is 43.2. The number of hydrogen-bond acceptors (Lipinski definition) is 6. The van der Waals surface area contributed by atoms with Gasteiger partial charge < -0.3 is 28.8 Å². The quantitative estimate of drug-likeness (QED) is 0.0276. The molecule has 0 saturated heterocycles. The average molecular weight is 787 g/mol. The molecule has 8 nitrogen and oxygen atoms in total. The molecule has 3 atom stereocenters. The number of nitrogens with one attached hydrogen (secondary N) is 1. The molecule has 0 aromatic heterocycles. The van der Waals surface area contributed by atoms with Crippen molar-refractivity contribution in [3.05, 3.63) is 12.2 Å². The second kappa shape index (κ2) is 37.8. The van der Waals surface area contributed by atoms with E-state index >= 15 is 0 Å².